The maximum atomic E-state index is 12.2. The number of rotatable bonds is 7. The lowest BCUT2D eigenvalue weighted by Gasteiger charge is -2.08. The number of nitrogens with one attached hydrogen (secondary N) is 2. The molecule has 4 heteroatoms. The van der Waals surface area contributed by atoms with Crippen LogP contribution in [0.1, 0.15) is 42.1 Å². The van der Waals surface area contributed by atoms with Crippen LogP contribution in [0.2, 0.25) is 0 Å². The van der Waals surface area contributed by atoms with Crippen LogP contribution in [-0.4, -0.2) is 17.4 Å². The van der Waals surface area contributed by atoms with Gasteiger partial charge in [-0.1, -0.05) is 31.9 Å². The van der Waals surface area contributed by atoms with E-state index in [0.29, 0.717) is 5.56 Å². The Bertz CT molecular complexity index is 608. The van der Waals surface area contributed by atoms with Gasteiger partial charge in [0.15, 0.2) is 0 Å². The molecule has 1 heterocycles. The highest BCUT2D eigenvalue weighted by atomic mass is 16.1. The Morgan fingerprint density at radius 1 is 1.18 bits per heavy atom. The number of aryl methyl sites for hydroxylation is 1. The SMILES string of the molecule is CCCCCNc1ccc(C(=O)Nc2cccc(C)c2)cn1. The first-order chi connectivity index (χ1) is 10.7. The van der Waals surface area contributed by atoms with Crippen LogP contribution in [0.15, 0.2) is 42.6 Å². The number of hydrogen-bond donors (Lipinski definition) is 2. The summed E-state index contributed by atoms with van der Waals surface area (Å²) in [5, 5.41) is 6.14. The monoisotopic (exact) mass is 297 g/mol. The van der Waals surface area contributed by atoms with E-state index >= 15 is 0 Å². The molecule has 4 nitrogen and oxygen atoms in total. The minimum atomic E-state index is -0.143. The Morgan fingerprint density at radius 3 is 2.73 bits per heavy atom. The van der Waals surface area contributed by atoms with Gasteiger partial charge in [0.25, 0.3) is 5.91 Å². The average Bonchev–Trinajstić information content (AvgIpc) is 2.52. The van der Waals surface area contributed by atoms with Gasteiger partial charge in [-0.25, -0.2) is 4.98 Å². The van der Waals surface area contributed by atoms with Gasteiger partial charge in [0.1, 0.15) is 5.82 Å². The summed E-state index contributed by atoms with van der Waals surface area (Å²) in [6, 6.07) is 11.4. The Morgan fingerprint density at radius 2 is 2.05 bits per heavy atom. The van der Waals surface area contributed by atoms with Gasteiger partial charge < -0.3 is 10.6 Å². The third-order valence-corrected chi connectivity index (χ3v) is 3.39. The Kier molecular flexibility index (Phi) is 5.95. The second-order valence-corrected chi connectivity index (χ2v) is 5.39. The second-order valence-electron chi connectivity index (χ2n) is 5.39. The predicted molar refractivity (Wildman–Crippen MR) is 91.4 cm³/mol. The molecule has 0 fully saturated rings. The summed E-state index contributed by atoms with van der Waals surface area (Å²) in [6.07, 6.45) is 5.15. The molecule has 0 aliphatic carbocycles. The van der Waals surface area contributed by atoms with Crippen LogP contribution in [0.5, 0.6) is 0 Å². The molecule has 1 amide bonds. The van der Waals surface area contributed by atoms with Gasteiger partial charge in [-0.15, -0.1) is 0 Å². The Balaban J connectivity index is 1.90. The van der Waals surface area contributed by atoms with E-state index in [1.54, 1.807) is 12.3 Å². The molecule has 0 radical (unpaired) electrons. The van der Waals surface area contributed by atoms with E-state index in [4.69, 9.17) is 0 Å². The molecule has 0 aliphatic heterocycles. The third kappa shape index (κ3) is 4.88. The summed E-state index contributed by atoms with van der Waals surface area (Å²) in [6.45, 7) is 5.09. The summed E-state index contributed by atoms with van der Waals surface area (Å²) < 4.78 is 0. The molecule has 116 valence electrons. The number of nitrogens with zero attached hydrogens (tertiary/aromatic N) is 1. The number of benzene rings is 1. The molecule has 0 saturated carbocycles. The van der Waals surface area contributed by atoms with Crippen LogP contribution >= 0.6 is 0 Å². The summed E-state index contributed by atoms with van der Waals surface area (Å²) in [7, 11) is 0. The summed E-state index contributed by atoms with van der Waals surface area (Å²) in [5.41, 5.74) is 2.47. The number of aromatic nitrogens is 1. The first-order valence-corrected chi connectivity index (χ1v) is 7.77. The second kappa shape index (κ2) is 8.17. The van der Waals surface area contributed by atoms with E-state index < -0.39 is 0 Å². The number of anilines is 2. The lowest BCUT2D eigenvalue weighted by Crippen LogP contribution is -2.12. The molecule has 1 aromatic heterocycles. The number of pyridine rings is 1. The molecule has 0 atom stereocenters. The van der Waals surface area contributed by atoms with Gasteiger partial charge in [-0.2, -0.15) is 0 Å². The van der Waals surface area contributed by atoms with Crippen molar-refractivity contribution in [3.05, 3.63) is 53.7 Å². The van der Waals surface area contributed by atoms with Crippen molar-refractivity contribution in [1.29, 1.82) is 0 Å². The third-order valence-electron chi connectivity index (χ3n) is 3.39. The molecule has 0 bridgehead atoms. The van der Waals surface area contributed by atoms with Crippen molar-refractivity contribution in [2.24, 2.45) is 0 Å². The highest BCUT2D eigenvalue weighted by Crippen LogP contribution is 2.12. The van der Waals surface area contributed by atoms with Gasteiger partial charge >= 0.3 is 0 Å². The number of unbranched alkanes of at least 4 members (excludes halogenated alkanes) is 2. The normalized spacial score (nSPS) is 10.3. The first kappa shape index (κ1) is 16.0. The first-order valence-electron chi connectivity index (χ1n) is 7.77. The molecule has 0 unspecified atom stereocenters. The number of carbonyl (C=O) groups excluding carboxylic acids is 1. The van der Waals surface area contributed by atoms with E-state index in [1.807, 2.05) is 37.3 Å². The largest absolute Gasteiger partial charge is 0.370 e. The Labute approximate surface area is 132 Å². The molecule has 22 heavy (non-hydrogen) atoms. The molecule has 0 saturated heterocycles. The van der Waals surface area contributed by atoms with Crippen LogP contribution in [0, 0.1) is 6.92 Å². The van der Waals surface area contributed by atoms with Crippen molar-refractivity contribution in [1.82, 2.24) is 4.98 Å². The minimum Gasteiger partial charge on any atom is -0.370 e. The molecule has 0 spiro atoms. The van der Waals surface area contributed by atoms with Gasteiger partial charge in [-0.05, 0) is 43.2 Å². The van der Waals surface area contributed by atoms with E-state index in [-0.39, 0.29) is 5.91 Å². The van der Waals surface area contributed by atoms with Gasteiger partial charge in [-0.3, -0.25) is 4.79 Å². The lowest BCUT2D eigenvalue weighted by molar-refractivity contribution is 0.102. The van der Waals surface area contributed by atoms with E-state index in [0.717, 1.165) is 30.0 Å². The minimum absolute atomic E-state index is 0.143. The number of carbonyl (C=O) groups is 1. The fourth-order valence-electron chi connectivity index (χ4n) is 2.15. The quantitative estimate of drug-likeness (QED) is 0.751. The maximum absolute atomic E-state index is 12.2. The maximum Gasteiger partial charge on any atom is 0.257 e. The van der Waals surface area contributed by atoms with Crippen molar-refractivity contribution >= 4 is 17.4 Å². The van der Waals surface area contributed by atoms with Crippen molar-refractivity contribution in [3.63, 3.8) is 0 Å². The molecular formula is C18H23N3O. The standard InChI is InChI=1S/C18H23N3O/c1-3-4-5-11-19-17-10-9-15(13-20-17)18(22)21-16-8-6-7-14(2)12-16/h6-10,12-13H,3-5,11H2,1-2H3,(H,19,20)(H,21,22). The number of amides is 1. The molecule has 0 aliphatic rings. The summed E-state index contributed by atoms with van der Waals surface area (Å²) >= 11 is 0. The van der Waals surface area contributed by atoms with Gasteiger partial charge in [0.05, 0.1) is 5.56 Å². The highest BCUT2D eigenvalue weighted by Gasteiger charge is 2.06. The van der Waals surface area contributed by atoms with Gasteiger partial charge in [0.2, 0.25) is 0 Å². The van der Waals surface area contributed by atoms with Crippen molar-refractivity contribution < 1.29 is 4.79 Å². The highest BCUT2D eigenvalue weighted by molar-refractivity contribution is 6.04. The van der Waals surface area contributed by atoms with Crippen molar-refractivity contribution in [3.8, 4) is 0 Å². The smallest absolute Gasteiger partial charge is 0.257 e. The van der Waals surface area contributed by atoms with Crippen LogP contribution in [0.3, 0.4) is 0 Å². The summed E-state index contributed by atoms with van der Waals surface area (Å²) in [4.78, 5) is 16.4. The van der Waals surface area contributed by atoms with Crippen LogP contribution in [0.25, 0.3) is 0 Å². The molecule has 2 rings (SSSR count). The van der Waals surface area contributed by atoms with E-state index in [1.165, 1.54) is 12.8 Å². The number of hydrogen-bond acceptors (Lipinski definition) is 3. The van der Waals surface area contributed by atoms with Crippen LogP contribution in [-0.2, 0) is 0 Å². The molecule has 1 aromatic carbocycles. The van der Waals surface area contributed by atoms with Crippen molar-refractivity contribution in [2.75, 3.05) is 17.2 Å². The fraction of sp³-hybridized carbons (Fsp3) is 0.333. The lowest BCUT2D eigenvalue weighted by atomic mass is 10.2. The van der Waals surface area contributed by atoms with E-state index in [2.05, 4.69) is 22.5 Å². The molecular weight excluding hydrogens is 274 g/mol. The van der Waals surface area contributed by atoms with Crippen molar-refractivity contribution in [2.45, 2.75) is 33.1 Å². The Hall–Kier alpha value is -2.36. The molecule has 2 N–H and O–H groups in total. The van der Waals surface area contributed by atoms with E-state index in [9.17, 15) is 4.79 Å². The zero-order chi connectivity index (χ0) is 15.8. The topological polar surface area (TPSA) is 54.0 Å². The van der Waals surface area contributed by atoms with Gasteiger partial charge in [0, 0.05) is 18.4 Å². The average molecular weight is 297 g/mol. The van der Waals surface area contributed by atoms with Crippen LogP contribution in [0.4, 0.5) is 11.5 Å². The molecule has 2 aromatic rings. The summed E-state index contributed by atoms with van der Waals surface area (Å²) in [5.74, 6) is 0.666. The zero-order valence-corrected chi connectivity index (χ0v) is 13.2. The predicted octanol–water partition coefficient (Wildman–Crippen LogP) is 4.24. The zero-order valence-electron chi connectivity index (χ0n) is 13.2. The van der Waals surface area contributed by atoms with Crippen LogP contribution < -0.4 is 10.6 Å². The fourth-order valence-corrected chi connectivity index (χ4v) is 2.15.